The van der Waals surface area contributed by atoms with Crippen LogP contribution in [-0.4, -0.2) is 39.8 Å². The van der Waals surface area contributed by atoms with E-state index in [1.807, 2.05) is 12.1 Å². The van der Waals surface area contributed by atoms with E-state index in [9.17, 15) is 0 Å². The highest BCUT2D eigenvalue weighted by molar-refractivity contribution is 14.0. The Morgan fingerprint density at radius 2 is 1.89 bits per heavy atom. The van der Waals surface area contributed by atoms with Crippen molar-refractivity contribution in [2.24, 2.45) is 4.99 Å². The quantitative estimate of drug-likeness (QED) is 0.387. The lowest BCUT2D eigenvalue weighted by Crippen LogP contribution is -2.40. The summed E-state index contributed by atoms with van der Waals surface area (Å²) in [6.07, 6.45) is 1.92. The molecule has 0 saturated heterocycles. The molecule has 6 heteroatoms. The molecule has 0 saturated carbocycles. The predicted molar refractivity (Wildman–Crippen MR) is 122 cm³/mol. The van der Waals surface area contributed by atoms with Gasteiger partial charge in [-0.05, 0) is 49.1 Å². The maximum Gasteiger partial charge on any atom is 0.198 e. The summed E-state index contributed by atoms with van der Waals surface area (Å²) in [4.78, 5) is 7.13. The second-order valence-electron chi connectivity index (χ2n) is 6.21. The van der Waals surface area contributed by atoms with Crippen molar-refractivity contribution < 1.29 is 9.47 Å². The molecular formula is C21H28IN3O2. The van der Waals surface area contributed by atoms with Crippen LogP contribution < -0.4 is 19.7 Å². The summed E-state index contributed by atoms with van der Waals surface area (Å²) in [7, 11) is 3.31. The van der Waals surface area contributed by atoms with Crippen LogP contribution in [0.25, 0.3) is 0 Å². The van der Waals surface area contributed by atoms with Crippen LogP contribution in [0.3, 0.4) is 0 Å². The van der Waals surface area contributed by atoms with Gasteiger partial charge in [0, 0.05) is 25.3 Å². The number of methoxy groups -OCH3 is 2. The van der Waals surface area contributed by atoms with Gasteiger partial charge in [0.15, 0.2) is 17.5 Å². The molecule has 3 rings (SSSR count). The van der Waals surface area contributed by atoms with E-state index in [2.05, 4.69) is 47.5 Å². The van der Waals surface area contributed by atoms with E-state index in [1.165, 1.54) is 16.8 Å². The molecular weight excluding hydrogens is 453 g/mol. The van der Waals surface area contributed by atoms with E-state index in [-0.39, 0.29) is 24.0 Å². The SMILES string of the molecule is CCNC(=NCCc1ccc(OC)c(OC)c1)N1CCc2ccccc21.I. The zero-order chi connectivity index (χ0) is 18.4. The average molecular weight is 481 g/mol. The molecule has 27 heavy (non-hydrogen) atoms. The van der Waals surface area contributed by atoms with Crippen LogP contribution in [0, 0.1) is 0 Å². The lowest BCUT2D eigenvalue weighted by molar-refractivity contribution is 0.354. The highest BCUT2D eigenvalue weighted by Gasteiger charge is 2.22. The topological polar surface area (TPSA) is 46.1 Å². The number of para-hydroxylation sites is 1. The number of nitrogens with one attached hydrogen (secondary N) is 1. The van der Waals surface area contributed by atoms with E-state index >= 15 is 0 Å². The number of hydrogen-bond donors (Lipinski definition) is 1. The predicted octanol–water partition coefficient (Wildman–Crippen LogP) is 3.89. The van der Waals surface area contributed by atoms with Gasteiger partial charge >= 0.3 is 0 Å². The Hall–Kier alpha value is -1.96. The molecule has 0 aliphatic carbocycles. The molecule has 5 nitrogen and oxygen atoms in total. The summed E-state index contributed by atoms with van der Waals surface area (Å²) >= 11 is 0. The largest absolute Gasteiger partial charge is 0.493 e. The van der Waals surface area contributed by atoms with Crippen molar-refractivity contribution in [3.63, 3.8) is 0 Å². The molecule has 0 spiro atoms. The molecule has 2 aromatic rings. The minimum atomic E-state index is 0. The standard InChI is InChI=1S/C21H27N3O2.HI/c1-4-22-21(24-14-12-17-7-5-6-8-18(17)24)23-13-11-16-9-10-19(25-2)20(15-16)26-3;/h5-10,15H,4,11-14H2,1-3H3,(H,22,23);1H. The van der Waals surface area contributed by atoms with Crippen LogP contribution in [0.1, 0.15) is 18.1 Å². The number of ether oxygens (including phenoxy) is 2. The van der Waals surface area contributed by atoms with Crippen LogP contribution in [0.4, 0.5) is 5.69 Å². The van der Waals surface area contributed by atoms with Gasteiger partial charge in [0.05, 0.1) is 14.2 Å². The minimum absolute atomic E-state index is 0. The monoisotopic (exact) mass is 481 g/mol. The number of halogens is 1. The van der Waals surface area contributed by atoms with Crippen molar-refractivity contribution in [1.82, 2.24) is 5.32 Å². The van der Waals surface area contributed by atoms with Gasteiger partial charge < -0.3 is 19.7 Å². The molecule has 1 N–H and O–H groups in total. The number of anilines is 1. The van der Waals surface area contributed by atoms with Crippen LogP contribution in [0.2, 0.25) is 0 Å². The minimum Gasteiger partial charge on any atom is -0.493 e. The number of aliphatic imine (C=N–C) groups is 1. The Labute approximate surface area is 178 Å². The highest BCUT2D eigenvalue weighted by atomic mass is 127. The molecule has 0 fully saturated rings. The van der Waals surface area contributed by atoms with Crippen LogP contribution in [0.5, 0.6) is 11.5 Å². The van der Waals surface area contributed by atoms with Gasteiger partial charge in [-0.25, -0.2) is 0 Å². The van der Waals surface area contributed by atoms with Gasteiger partial charge in [-0.2, -0.15) is 0 Å². The Balaban J connectivity index is 0.00000261. The van der Waals surface area contributed by atoms with Gasteiger partial charge in [-0.3, -0.25) is 4.99 Å². The van der Waals surface area contributed by atoms with Gasteiger partial charge in [0.1, 0.15) is 0 Å². The fourth-order valence-corrected chi connectivity index (χ4v) is 3.28. The number of nitrogens with zero attached hydrogens (tertiary/aromatic N) is 2. The van der Waals surface area contributed by atoms with Crippen molar-refractivity contribution in [3.8, 4) is 11.5 Å². The fraction of sp³-hybridized carbons (Fsp3) is 0.381. The zero-order valence-corrected chi connectivity index (χ0v) is 18.5. The Bertz CT molecular complexity index is 780. The third kappa shape index (κ3) is 5.06. The molecule has 2 aromatic carbocycles. The van der Waals surface area contributed by atoms with Gasteiger partial charge in [0.25, 0.3) is 0 Å². The first-order chi connectivity index (χ1) is 12.8. The van der Waals surface area contributed by atoms with E-state index in [0.717, 1.165) is 49.9 Å². The first kappa shape index (κ1) is 21.3. The molecule has 0 amide bonds. The Morgan fingerprint density at radius 3 is 2.63 bits per heavy atom. The Kier molecular flexibility index (Phi) is 8.22. The zero-order valence-electron chi connectivity index (χ0n) is 16.2. The van der Waals surface area contributed by atoms with Gasteiger partial charge in [-0.1, -0.05) is 24.3 Å². The normalized spacial score (nSPS) is 13.0. The maximum absolute atomic E-state index is 5.38. The Morgan fingerprint density at radius 1 is 1.11 bits per heavy atom. The fourth-order valence-electron chi connectivity index (χ4n) is 3.28. The van der Waals surface area contributed by atoms with Crippen LogP contribution in [-0.2, 0) is 12.8 Å². The van der Waals surface area contributed by atoms with Crippen molar-refractivity contribution in [2.75, 3.05) is 38.8 Å². The van der Waals surface area contributed by atoms with E-state index < -0.39 is 0 Å². The third-order valence-electron chi connectivity index (χ3n) is 4.59. The summed E-state index contributed by atoms with van der Waals surface area (Å²) in [5.41, 5.74) is 3.83. The number of hydrogen-bond acceptors (Lipinski definition) is 3. The van der Waals surface area contributed by atoms with Gasteiger partial charge in [-0.15, -0.1) is 24.0 Å². The molecule has 0 radical (unpaired) electrons. The second kappa shape index (κ2) is 10.4. The summed E-state index contributed by atoms with van der Waals surface area (Å²) < 4.78 is 10.7. The molecule has 0 unspecified atom stereocenters. The first-order valence-electron chi connectivity index (χ1n) is 9.11. The highest BCUT2D eigenvalue weighted by Crippen LogP contribution is 2.28. The second-order valence-corrected chi connectivity index (χ2v) is 6.21. The molecule has 0 aromatic heterocycles. The average Bonchev–Trinajstić information content (AvgIpc) is 3.11. The lowest BCUT2D eigenvalue weighted by atomic mass is 10.1. The molecule has 146 valence electrons. The van der Waals surface area contributed by atoms with Crippen molar-refractivity contribution >= 4 is 35.6 Å². The number of fused-ring (bicyclic) bond motifs is 1. The molecule has 1 heterocycles. The van der Waals surface area contributed by atoms with Crippen LogP contribution >= 0.6 is 24.0 Å². The molecule has 1 aliphatic heterocycles. The van der Waals surface area contributed by atoms with E-state index in [4.69, 9.17) is 14.5 Å². The summed E-state index contributed by atoms with van der Waals surface area (Å²) in [5.74, 6) is 2.47. The number of benzene rings is 2. The van der Waals surface area contributed by atoms with Crippen molar-refractivity contribution in [3.05, 3.63) is 53.6 Å². The van der Waals surface area contributed by atoms with Gasteiger partial charge in [0.2, 0.25) is 0 Å². The van der Waals surface area contributed by atoms with Crippen LogP contribution in [0.15, 0.2) is 47.5 Å². The lowest BCUT2D eigenvalue weighted by Gasteiger charge is -2.22. The molecule has 0 bridgehead atoms. The molecule has 1 aliphatic rings. The van der Waals surface area contributed by atoms with Crippen molar-refractivity contribution in [1.29, 1.82) is 0 Å². The number of guanidine groups is 1. The summed E-state index contributed by atoms with van der Waals surface area (Å²) in [6.45, 7) is 4.65. The third-order valence-corrected chi connectivity index (χ3v) is 4.59. The molecule has 0 atom stereocenters. The van der Waals surface area contributed by atoms with Crippen molar-refractivity contribution in [2.45, 2.75) is 19.8 Å². The number of rotatable bonds is 6. The maximum atomic E-state index is 5.38. The summed E-state index contributed by atoms with van der Waals surface area (Å²) in [6, 6.07) is 14.6. The van der Waals surface area contributed by atoms with E-state index in [1.54, 1.807) is 14.2 Å². The summed E-state index contributed by atoms with van der Waals surface area (Å²) in [5, 5.41) is 3.42. The smallest absolute Gasteiger partial charge is 0.198 e. The van der Waals surface area contributed by atoms with E-state index in [0.29, 0.717) is 0 Å². The first-order valence-corrected chi connectivity index (χ1v) is 9.11.